The van der Waals surface area contributed by atoms with Crippen molar-refractivity contribution in [2.75, 3.05) is 39.4 Å². The molecule has 29 heavy (non-hydrogen) atoms. The molecule has 1 aromatic rings. The Labute approximate surface area is 189 Å². The molecule has 1 unspecified atom stereocenters. The maximum absolute atomic E-state index is 14.0. The highest BCUT2D eigenvalue weighted by Gasteiger charge is 2.24. The molecule has 0 aromatic heterocycles. The van der Waals surface area contributed by atoms with E-state index in [1.807, 2.05) is 13.0 Å². The van der Waals surface area contributed by atoms with Gasteiger partial charge in [0.2, 0.25) is 0 Å². The van der Waals surface area contributed by atoms with E-state index in [1.165, 1.54) is 18.6 Å². The zero-order valence-corrected chi connectivity index (χ0v) is 19.3. The van der Waals surface area contributed by atoms with E-state index in [9.17, 15) is 4.39 Å². The van der Waals surface area contributed by atoms with Gasteiger partial charge in [0.25, 0.3) is 0 Å². The third kappa shape index (κ3) is 7.39. The molecule has 0 saturated carbocycles. The largest absolute Gasteiger partial charge is 0.381 e. The maximum atomic E-state index is 14.0. The van der Waals surface area contributed by atoms with Crippen LogP contribution in [0.15, 0.2) is 23.2 Å². The smallest absolute Gasteiger partial charge is 0.191 e. The average molecular weight is 515 g/mol. The molecule has 2 N–H and O–H groups in total. The van der Waals surface area contributed by atoms with E-state index < -0.39 is 0 Å². The summed E-state index contributed by atoms with van der Waals surface area (Å²) < 4.78 is 19.5. The predicted molar refractivity (Wildman–Crippen MR) is 123 cm³/mol. The van der Waals surface area contributed by atoms with Gasteiger partial charge >= 0.3 is 0 Å². The lowest BCUT2D eigenvalue weighted by molar-refractivity contribution is 0.150. The second kappa shape index (κ2) is 12.3. The number of nitrogens with one attached hydrogen (secondary N) is 2. The number of aliphatic imine (C=N–C) groups is 1. The Morgan fingerprint density at radius 2 is 2.14 bits per heavy atom. The molecule has 2 aliphatic heterocycles. The summed E-state index contributed by atoms with van der Waals surface area (Å²) in [6.07, 6.45) is 3.31. The van der Waals surface area contributed by atoms with E-state index >= 15 is 0 Å². The summed E-state index contributed by atoms with van der Waals surface area (Å²) in [7, 11) is 0. The highest BCUT2D eigenvalue weighted by atomic mass is 127. The molecule has 2 aliphatic rings. The van der Waals surface area contributed by atoms with E-state index in [0.717, 1.165) is 52.2 Å². The van der Waals surface area contributed by atoms with Crippen LogP contribution in [0.4, 0.5) is 4.39 Å². The Kier molecular flexibility index (Phi) is 10.1. The average Bonchev–Trinajstić information content (AvgIpc) is 3.22. The van der Waals surface area contributed by atoms with Gasteiger partial charge in [0, 0.05) is 44.4 Å². The maximum Gasteiger partial charge on any atom is 0.191 e. The molecule has 0 aliphatic carbocycles. The van der Waals surface area contributed by atoms with Gasteiger partial charge in [-0.1, -0.05) is 0 Å². The monoisotopic (exact) mass is 515 g/mol. The van der Waals surface area contributed by atoms with E-state index in [-0.39, 0.29) is 36.3 Å². The van der Waals surface area contributed by atoms with Crippen molar-refractivity contribution in [3.63, 3.8) is 0 Å². The summed E-state index contributed by atoms with van der Waals surface area (Å²) in [5.74, 6) is 1.05. The zero-order valence-electron chi connectivity index (χ0n) is 17.0. The summed E-state index contributed by atoms with van der Waals surface area (Å²) in [5, 5.41) is 15.7. The van der Waals surface area contributed by atoms with E-state index in [2.05, 4.69) is 20.5 Å². The summed E-state index contributed by atoms with van der Waals surface area (Å²) in [5.41, 5.74) is 0.884. The Balaban J connectivity index is 0.00000300. The first kappa shape index (κ1) is 23.8. The minimum atomic E-state index is -0.331. The Hall–Kier alpha value is -1.44. The van der Waals surface area contributed by atoms with Crippen molar-refractivity contribution < 1.29 is 9.13 Å². The van der Waals surface area contributed by atoms with Crippen LogP contribution >= 0.6 is 24.0 Å². The molecule has 0 spiro atoms. The quantitative estimate of drug-likeness (QED) is 0.347. The molecule has 0 radical (unpaired) electrons. The number of hydrogen-bond donors (Lipinski definition) is 2. The molecule has 8 heteroatoms. The van der Waals surface area contributed by atoms with Gasteiger partial charge in [-0.3, -0.25) is 0 Å². The number of hydrogen-bond acceptors (Lipinski definition) is 4. The second-order valence-electron chi connectivity index (χ2n) is 7.56. The van der Waals surface area contributed by atoms with Crippen molar-refractivity contribution in [3.05, 3.63) is 35.1 Å². The topological polar surface area (TPSA) is 72.7 Å². The van der Waals surface area contributed by atoms with Gasteiger partial charge in [0.15, 0.2) is 5.96 Å². The summed E-state index contributed by atoms with van der Waals surface area (Å²) in [6.45, 7) is 8.06. The first-order chi connectivity index (χ1) is 13.7. The minimum Gasteiger partial charge on any atom is -0.381 e. The summed E-state index contributed by atoms with van der Waals surface area (Å²) in [4.78, 5) is 7.06. The van der Waals surface area contributed by atoms with Gasteiger partial charge in [-0.25, -0.2) is 9.38 Å². The number of guanidine groups is 1. The minimum absolute atomic E-state index is 0. The molecule has 6 nitrogen and oxygen atoms in total. The Morgan fingerprint density at radius 1 is 1.34 bits per heavy atom. The van der Waals surface area contributed by atoms with Crippen LogP contribution in [0.3, 0.4) is 0 Å². The zero-order chi connectivity index (χ0) is 19.8. The van der Waals surface area contributed by atoms with Gasteiger partial charge in [-0.05, 0) is 50.3 Å². The van der Waals surface area contributed by atoms with Gasteiger partial charge in [-0.2, -0.15) is 5.26 Å². The van der Waals surface area contributed by atoms with Gasteiger partial charge < -0.3 is 20.3 Å². The number of nitrogens with zero attached hydrogens (tertiary/aromatic N) is 3. The van der Waals surface area contributed by atoms with Crippen LogP contribution in [0.25, 0.3) is 0 Å². The molecule has 2 heterocycles. The van der Waals surface area contributed by atoms with Crippen molar-refractivity contribution in [2.45, 2.75) is 38.8 Å². The molecular weight excluding hydrogens is 484 g/mol. The lowest BCUT2D eigenvalue weighted by Crippen LogP contribution is -2.49. The number of piperidine rings is 1. The van der Waals surface area contributed by atoms with Gasteiger partial charge in [0.05, 0.1) is 24.8 Å². The van der Waals surface area contributed by atoms with Crippen LogP contribution in [-0.4, -0.2) is 56.3 Å². The van der Waals surface area contributed by atoms with E-state index in [1.54, 1.807) is 6.07 Å². The number of nitriles is 1. The van der Waals surface area contributed by atoms with Crippen molar-refractivity contribution in [2.24, 2.45) is 10.9 Å². The highest BCUT2D eigenvalue weighted by molar-refractivity contribution is 14.0. The van der Waals surface area contributed by atoms with Crippen LogP contribution in [0.1, 0.15) is 37.3 Å². The standard InChI is InChI=1S/C21H30FN5O.HI/c1-2-24-21(25-13-18-11-16(12-23)3-4-20(18)22)26-19-5-8-27(9-6-19)14-17-7-10-28-15-17;/h3-4,11,17,19H,2,5-10,13-15H2,1H3,(H2,24,25,26);1H. The number of halogens is 2. The molecule has 160 valence electrons. The molecule has 0 bridgehead atoms. The van der Waals surface area contributed by atoms with Crippen molar-refractivity contribution >= 4 is 29.9 Å². The number of rotatable bonds is 6. The number of benzene rings is 1. The fourth-order valence-corrected chi connectivity index (χ4v) is 3.80. The summed E-state index contributed by atoms with van der Waals surface area (Å²) in [6, 6.07) is 6.78. The fourth-order valence-electron chi connectivity index (χ4n) is 3.80. The highest BCUT2D eigenvalue weighted by Crippen LogP contribution is 2.18. The molecule has 2 fully saturated rings. The van der Waals surface area contributed by atoms with Crippen molar-refractivity contribution in [1.82, 2.24) is 15.5 Å². The molecule has 1 aromatic carbocycles. The van der Waals surface area contributed by atoms with Crippen LogP contribution in [0, 0.1) is 23.1 Å². The Bertz CT molecular complexity index is 710. The van der Waals surface area contributed by atoms with Crippen LogP contribution in [0.5, 0.6) is 0 Å². The third-order valence-electron chi connectivity index (χ3n) is 5.40. The number of likely N-dealkylation sites (tertiary alicyclic amines) is 1. The molecule has 0 amide bonds. The number of ether oxygens (including phenoxy) is 1. The van der Waals surface area contributed by atoms with Crippen molar-refractivity contribution in [1.29, 1.82) is 5.26 Å². The third-order valence-corrected chi connectivity index (χ3v) is 5.40. The fraction of sp³-hybridized carbons (Fsp3) is 0.619. The van der Waals surface area contributed by atoms with Gasteiger partial charge in [0.1, 0.15) is 5.82 Å². The summed E-state index contributed by atoms with van der Waals surface area (Å²) >= 11 is 0. The molecular formula is C21H31FIN5O. The van der Waals surface area contributed by atoms with Crippen molar-refractivity contribution in [3.8, 4) is 6.07 Å². The molecule has 3 rings (SSSR count). The SMILES string of the molecule is CCNC(=NCc1cc(C#N)ccc1F)NC1CCN(CC2CCOC2)CC1.I. The lowest BCUT2D eigenvalue weighted by atomic mass is 10.0. The predicted octanol–water partition coefficient (Wildman–Crippen LogP) is 2.87. The molecule has 2 saturated heterocycles. The van der Waals surface area contributed by atoms with Crippen LogP contribution < -0.4 is 10.6 Å². The first-order valence-electron chi connectivity index (χ1n) is 10.2. The van der Waals surface area contributed by atoms with Crippen LogP contribution in [0.2, 0.25) is 0 Å². The Morgan fingerprint density at radius 3 is 2.79 bits per heavy atom. The normalized spacial score (nSPS) is 20.7. The van der Waals surface area contributed by atoms with Gasteiger partial charge in [-0.15, -0.1) is 24.0 Å². The second-order valence-corrected chi connectivity index (χ2v) is 7.56. The lowest BCUT2D eigenvalue weighted by Gasteiger charge is -2.34. The molecule has 1 atom stereocenters. The van der Waals surface area contributed by atoms with E-state index in [4.69, 9.17) is 10.00 Å². The van der Waals surface area contributed by atoms with Crippen LogP contribution in [-0.2, 0) is 11.3 Å². The first-order valence-corrected chi connectivity index (χ1v) is 10.2. The van der Waals surface area contributed by atoms with E-state index in [0.29, 0.717) is 29.0 Å².